The van der Waals surface area contributed by atoms with Gasteiger partial charge in [0, 0.05) is 12.0 Å². The van der Waals surface area contributed by atoms with Crippen LogP contribution >= 0.6 is 0 Å². The Labute approximate surface area is 121 Å². The van der Waals surface area contributed by atoms with Crippen LogP contribution in [0.1, 0.15) is 46.5 Å². The molecule has 1 aliphatic heterocycles. The minimum Gasteiger partial charge on any atom is -0.481 e. The lowest BCUT2D eigenvalue weighted by Crippen LogP contribution is -2.47. The molecule has 0 aliphatic carbocycles. The molecule has 1 rings (SSSR count). The third-order valence-electron chi connectivity index (χ3n) is 4.42. The number of piperidine rings is 1. The SMILES string of the molecule is CC(CCCNC(=O)C(C)(C)C1CCCNC1)C(=O)O. The summed E-state index contributed by atoms with van der Waals surface area (Å²) in [7, 11) is 0. The van der Waals surface area contributed by atoms with E-state index in [0.717, 1.165) is 25.9 Å². The standard InChI is InChI=1S/C15H28N2O3/c1-11(13(18)19)6-4-9-17-14(20)15(2,3)12-7-5-8-16-10-12/h11-12,16H,4-10H2,1-3H3,(H,17,20)(H,18,19). The van der Waals surface area contributed by atoms with Crippen molar-refractivity contribution in [3.05, 3.63) is 0 Å². The number of amides is 1. The number of hydrogen-bond acceptors (Lipinski definition) is 3. The molecule has 1 fully saturated rings. The van der Waals surface area contributed by atoms with Crippen LogP contribution in [-0.2, 0) is 9.59 Å². The predicted octanol–water partition coefficient (Wildman–Crippen LogP) is 1.63. The van der Waals surface area contributed by atoms with Gasteiger partial charge in [0.25, 0.3) is 0 Å². The van der Waals surface area contributed by atoms with Gasteiger partial charge in [-0.1, -0.05) is 20.8 Å². The van der Waals surface area contributed by atoms with Crippen LogP contribution in [-0.4, -0.2) is 36.6 Å². The van der Waals surface area contributed by atoms with E-state index in [9.17, 15) is 9.59 Å². The molecule has 20 heavy (non-hydrogen) atoms. The van der Waals surface area contributed by atoms with Crippen LogP contribution in [0.2, 0.25) is 0 Å². The van der Waals surface area contributed by atoms with Gasteiger partial charge in [-0.05, 0) is 44.7 Å². The molecule has 0 radical (unpaired) electrons. The summed E-state index contributed by atoms with van der Waals surface area (Å²) in [4.78, 5) is 23.0. The molecule has 0 aromatic heterocycles. The van der Waals surface area contributed by atoms with Gasteiger partial charge in [0.05, 0.1) is 5.92 Å². The van der Waals surface area contributed by atoms with Crippen molar-refractivity contribution in [3.8, 4) is 0 Å². The summed E-state index contributed by atoms with van der Waals surface area (Å²) in [6.07, 6.45) is 3.51. The van der Waals surface area contributed by atoms with E-state index in [1.807, 2.05) is 13.8 Å². The smallest absolute Gasteiger partial charge is 0.306 e. The highest BCUT2D eigenvalue weighted by molar-refractivity contribution is 5.82. The van der Waals surface area contributed by atoms with Crippen LogP contribution in [0.4, 0.5) is 0 Å². The third kappa shape index (κ3) is 4.78. The lowest BCUT2D eigenvalue weighted by atomic mass is 9.74. The van der Waals surface area contributed by atoms with Crippen molar-refractivity contribution < 1.29 is 14.7 Å². The van der Waals surface area contributed by atoms with E-state index in [1.165, 1.54) is 0 Å². The zero-order valence-corrected chi connectivity index (χ0v) is 12.9. The minimum atomic E-state index is -0.773. The molecular weight excluding hydrogens is 256 g/mol. The summed E-state index contributed by atoms with van der Waals surface area (Å²) in [5.41, 5.74) is -0.369. The van der Waals surface area contributed by atoms with Gasteiger partial charge in [-0.15, -0.1) is 0 Å². The summed E-state index contributed by atoms with van der Waals surface area (Å²) in [6, 6.07) is 0. The predicted molar refractivity (Wildman–Crippen MR) is 78.4 cm³/mol. The first-order valence-corrected chi connectivity index (χ1v) is 7.57. The summed E-state index contributed by atoms with van der Waals surface area (Å²) in [5.74, 6) is -0.671. The average molecular weight is 284 g/mol. The number of carboxylic acid groups (broad SMARTS) is 1. The van der Waals surface area contributed by atoms with Crippen molar-refractivity contribution in [3.63, 3.8) is 0 Å². The fraction of sp³-hybridized carbons (Fsp3) is 0.867. The Hall–Kier alpha value is -1.10. The second-order valence-corrected chi connectivity index (χ2v) is 6.40. The molecule has 2 unspecified atom stereocenters. The monoisotopic (exact) mass is 284 g/mol. The lowest BCUT2D eigenvalue weighted by molar-refractivity contribution is -0.141. The van der Waals surface area contributed by atoms with E-state index >= 15 is 0 Å². The molecule has 0 saturated carbocycles. The second-order valence-electron chi connectivity index (χ2n) is 6.40. The summed E-state index contributed by atoms with van der Waals surface area (Å²) in [6.45, 7) is 8.19. The van der Waals surface area contributed by atoms with E-state index in [1.54, 1.807) is 6.92 Å². The molecule has 3 N–H and O–H groups in total. The van der Waals surface area contributed by atoms with E-state index in [0.29, 0.717) is 25.3 Å². The molecule has 0 aromatic carbocycles. The van der Waals surface area contributed by atoms with E-state index in [4.69, 9.17) is 5.11 Å². The van der Waals surface area contributed by atoms with Crippen molar-refractivity contribution in [2.24, 2.45) is 17.3 Å². The first kappa shape index (κ1) is 17.0. The fourth-order valence-corrected chi connectivity index (χ4v) is 2.61. The molecule has 0 spiro atoms. The average Bonchev–Trinajstić information content (AvgIpc) is 2.43. The van der Waals surface area contributed by atoms with Gasteiger partial charge in [-0.3, -0.25) is 9.59 Å². The lowest BCUT2D eigenvalue weighted by Gasteiger charge is -2.36. The Morgan fingerprint density at radius 3 is 2.70 bits per heavy atom. The van der Waals surface area contributed by atoms with Gasteiger partial charge in [0.1, 0.15) is 0 Å². The van der Waals surface area contributed by atoms with Crippen LogP contribution in [0, 0.1) is 17.3 Å². The molecule has 1 amide bonds. The zero-order valence-electron chi connectivity index (χ0n) is 12.9. The number of nitrogens with one attached hydrogen (secondary N) is 2. The van der Waals surface area contributed by atoms with Crippen molar-refractivity contribution in [2.45, 2.75) is 46.5 Å². The molecule has 1 saturated heterocycles. The van der Waals surface area contributed by atoms with E-state index in [2.05, 4.69) is 10.6 Å². The van der Waals surface area contributed by atoms with Gasteiger partial charge in [0.2, 0.25) is 5.91 Å². The Kier molecular flexibility index (Phi) is 6.46. The third-order valence-corrected chi connectivity index (χ3v) is 4.42. The molecule has 1 aliphatic rings. The highest BCUT2D eigenvalue weighted by Crippen LogP contribution is 2.31. The second kappa shape index (κ2) is 7.62. The summed E-state index contributed by atoms with van der Waals surface area (Å²) < 4.78 is 0. The molecule has 116 valence electrons. The van der Waals surface area contributed by atoms with Gasteiger partial charge in [-0.2, -0.15) is 0 Å². The van der Waals surface area contributed by atoms with Crippen LogP contribution in [0.25, 0.3) is 0 Å². The topological polar surface area (TPSA) is 78.4 Å². The molecular formula is C15H28N2O3. The van der Waals surface area contributed by atoms with Crippen LogP contribution < -0.4 is 10.6 Å². The van der Waals surface area contributed by atoms with Crippen LogP contribution in [0.15, 0.2) is 0 Å². The first-order chi connectivity index (χ1) is 9.35. The Bertz CT molecular complexity index is 336. The summed E-state index contributed by atoms with van der Waals surface area (Å²) in [5, 5.41) is 15.1. The number of hydrogen-bond donors (Lipinski definition) is 3. The van der Waals surface area contributed by atoms with Gasteiger partial charge < -0.3 is 15.7 Å². The quantitative estimate of drug-likeness (QED) is 0.621. The molecule has 5 heteroatoms. The number of carbonyl (C=O) groups excluding carboxylic acids is 1. The Balaban J connectivity index is 2.32. The van der Waals surface area contributed by atoms with E-state index < -0.39 is 5.97 Å². The molecule has 1 heterocycles. The number of carbonyl (C=O) groups is 2. The van der Waals surface area contributed by atoms with E-state index in [-0.39, 0.29) is 17.2 Å². The van der Waals surface area contributed by atoms with Crippen molar-refractivity contribution in [1.29, 1.82) is 0 Å². The van der Waals surface area contributed by atoms with Crippen LogP contribution in [0.3, 0.4) is 0 Å². The molecule has 5 nitrogen and oxygen atoms in total. The van der Waals surface area contributed by atoms with Crippen molar-refractivity contribution in [2.75, 3.05) is 19.6 Å². The maximum Gasteiger partial charge on any atom is 0.306 e. The number of rotatable bonds is 7. The van der Waals surface area contributed by atoms with Crippen molar-refractivity contribution >= 4 is 11.9 Å². The minimum absolute atomic E-state index is 0.0779. The highest BCUT2D eigenvalue weighted by Gasteiger charge is 2.36. The fourth-order valence-electron chi connectivity index (χ4n) is 2.61. The van der Waals surface area contributed by atoms with Gasteiger partial charge in [0.15, 0.2) is 0 Å². The highest BCUT2D eigenvalue weighted by atomic mass is 16.4. The maximum atomic E-state index is 12.3. The number of carboxylic acids is 1. The van der Waals surface area contributed by atoms with Gasteiger partial charge in [-0.25, -0.2) is 0 Å². The van der Waals surface area contributed by atoms with Crippen molar-refractivity contribution in [1.82, 2.24) is 10.6 Å². The van der Waals surface area contributed by atoms with Crippen LogP contribution in [0.5, 0.6) is 0 Å². The largest absolute Gasteiger partial charge is 0.481 e. The van der Waals surface area contributed by atoms with Gasteiger partial charge >= 0.3 is 5.97 Å². The molecule has 0 bridgehead atoms. The first-order valence-electron chi connectivity index (χ1n) is 7.57. The maximum absolute atomic E-state index is 12.3. The molecule has 0 aromatic rings. The Morgan fingerprint density at radius 1 is 1.45 bits per heavy atom. The Morgan fingerprint density at radius 2 is 2.15 bits per heavy atom. The summed E-state index contributed by atoms with van der Waals surface area (Å²) >= 11 is 0. The molecule has 2 atom stereocenters. The normalized spacial score (nSPS) is 21.2. The number of aliphatic carboxylic acids is 1. The zero-order chi connectivity index (χ0) is 15.2.